The molecule has 1 aromatic heterocycles. The third kappa shape index (κ3) is 2.34. The van der Waals surface area contributed by atoms with Crippen molar-refractivity contribution in [3.05, 3.63) is 40.0 Å². The first-order chi connectivity index (χ1) is 6.69. The van der Waals surface area contributed by atoms with Crippen LogP contribution in [0.5, 0.6) is 0 Å². The molecule has 1 rings (SSSR count). The first kappa shape index (κ1) is 10.8. The second-order valence-corrected chi connectivity index (χ2v) is 3.33. The van der Waals surface area contributed by atoms with Gasteiger partial charge in [0.1, 0.15) is 5.76 Å². The molecule has 0 aliphatic rings. The van der Waals surface area contributed by atoms with Gasteiger partial charge in [0.15, 0.2) is 0 Å². The summed E-state index contributed by atoms with van der Waals surface area (Å²) in [5.74, 6) is 0.664. The summed E-state index contributed by atoms with van der Waals surface area (Å²) in [6, 6.07) is 3.72. The standard InChI is InChI=1S/C12H16O2/c1-4-6-10-7-8-11(9(3)5-2)14-12(10)13/h5,7-8H,4,6H2,1-3H3. The van der Waals surface area contributed by atoms with Gasteiger partial charge in [0.25, 0.3) is 0 Å². The summed E-state index contributed by atoms with van der Waals surface area (Å²) in [7, 11) is 0. The zero-order valence-corrected chi connectivity index (χ0v) is 8.96. The molecule has 0 aliphatic heterocycles. The van der Waals surface area contributed by atoms with Crippen LogP contribution in [0.25, 0.3) is 5.57 Å². The molecular formula is C12H16O2. The normalized spacial score (nSPS) is 11.8. The van der Waals surface area contributed by atoms with Crippen LogP contribution in [0.2, 0.25) is 0 Å². The highest BCUT2D eigenvalue weighted by Gasteiger charge is 2.03. The van der Waals surface area contributed by atoms with Gasteiger partial charge in [-0.15, -0.1) is 0 Å². The van der Waals surface area contributed by atoms with Gasteiger partial charge in [0, 0.05) is 5.56 Å². The summed E-state index contributed by atoms with van der Waals surface area (Å²) in [5, 5.41) is 0. The van der Waals surface area contributed by atoms with E-state index < -0.39 is 0 Å². The Balaban J connectivity index is 3.07. The summed E-state index contributed by atoms with van der Waals surface area (Å²) in [5.41, 5.74) is 1.55. The van der Waals surface area contributed by atoms with E-state index in [1.807, 2.05) is 39.0 Å². The highest BCUT2D eigenvalue weighted by Crippen LogP contribution is 2.11. The molecule has 2 heteroatoms. The van der Waals surface area contributed by atoms with E-state index in [0.29, 0.717) is 5.76 Å². The highest BCUT2D eigenvalue weighted by molar-refractivity contribution is 5.58. The Labute approximate surface area is 84.3 Å². The lowest BCUT2D eigenvalue weighted by Gasteiger charge is -2.00. The lowest BCUT2D eigenvalue weighted by molar-refractivity contribution is 0.488. The fourth-order valence-electron chi connectivity index (χ4n) is 1.25. The van der Waals surface area contributed by atoms with Crippen LogP contribution in [0.3, 0.4) is 0 Å². The van der Waals surface area contributed by atoms with Gasteiger partial charge in [-0.2, -0.15) is 0 Å². The molecule has 1 aromatic rings. The van der Waals surface area contributed by atoms with E-state index in [2.05, 4.69) is 0 Å². The van der Waals surface area contributed by atoms with Crippen molar-refractivity contribution in [2.45, 2.75) is 33.6 Å². The van der Waals surface area contributed by atoms with Crippen molar-refractivity contribution in [2.75, 3.05) is 0 Å². The number of aryl methyl sites for hydroxylation is 1. The van der Waals surface area contributed by atoms with Crippen molar-refractivity contribution < 1.29 is 4.42 Å². The van der Waals surface area contributed by atoms with Crippen molar-refractivity contribution >= 4 is 5.57 Å². The van der Waals surface area contributed by atoms with Crippen molar-refractivity contribution in [1.82, 2.24) is 0 Å². The topological polar surface area (TPSA) is 30.2 Å². The Bertz CT molecular complexity index is 386. The summed E-state index contributed by atoms with van der Waals surface area (Å²) in [6.07, 6.45) is 3.68. The minimum atomic E-state index is -0.203. The van der Waals surface area contributed by atoms with Crippen LogP contribution >= 0.6 is 0 Å². The molecule has 0 fully saturated rings. The Morgan fingerprint density at radius 2 is 2.21 bits per heavy atom. The Morgan fingerprint density at radius 3 is 2.71 bits per heavy atom. The Hall–Kier alpha value is -1.31. The SMILES string of the molecule is CC=C(C)c1ccc(CCC)c(=O)o1. The van der Waals surface area contributed by atoms with Crippen molar-refractivity contribution in [3.63, 3.8) is 0 Å². The Morgan fingerprint density at radius 1 is 1.50 bits per heavy atom. The van der Waals surface area contributed by atoms with Crippen LogP contribution in [0.1, 0.15) is 38.5 Å². The molecule has 76 valence electrons. The average molecular weight is 192 g/mol. The van der Waals surface area contributed by atoms with E-state index in [1.54, 1.807) is 0 Å². The molecule has 2 nitrogen and oxygen atoms in total. The monoisotopic (exact) mass is 192 g/mol. The van der Waals surface area contributed by atoms with Crippen LogP contribution in [0.4, 0.5) is 0 Å². The van der Waals surface area contributed by atoms with Crippen molar-refractivity contribution in [3.8, 4) is 0 Å². The molecule has 0 saturated heterocycles. The smallest absolute Gasteiger partial charge is 0.339 e. The zero-order valence-electron chi connectivity index (χ0n) is 8.96. The van der Waals surface area contributed by atoms with Crippen molar-refractivity contribution in [1.29, 1.82) is 0 Å². The predicted octanol–water partition coefficient (Wildman–Crippen LogP) is 3.02. The summed E-state index contributed by atoms with van der Waals surface area (Å²) >= 11 is 0. The second-order valence-electron chi connectivity index (χ2n) is 3.33. The van der Waals surface area contributed by atoms with Crippen LogP contribution in [-0.4, -0.2) is 0 Å². The maximum Gasteiger partial charge on any atom is 0.339 e. The van der Waals surface area contributed by atoms with Crippen LogP contribution in [0, 0.1) is 0 Å². The molecule has 0 aliphatic carbocycles. The molecule has 0 unspecified atom stereocenters. The second kappa shape index (κ2) is 4.80. The van der Waals surface area contributed by atoms with Crippen LogP contribution in [-0.2, 0) is 6.42 Å². The molecule has 1 heterocycles. The minimum Gasteiger partial charge on any atom is -0.423 e. The molecule has 0 N–H and O–H groups in total. The number of rotatable bonds is 3. The summed E-state index contributed by atoms with van der Waals surface area (Å²) in [6.45, 7) is 5.90. The van der Waals surface area contributed by atoms with Gasteiger partial charge >= 0.3 is 5.63 Å². The van der Waals surface area contributed by atoms with Gasteiger partial charge < -0.3 is 4.42 Å². The molecule has 0 spiro atoms. The highest BCUT2D eigenvalue weighted by atomic mass is 16.4. The quantitative estimate of drug-likeness (QED) is 0.736. The molecular weight excluding hydrogens is 176 g/mol. The summed E-state index contributed by atoms with van der Waals surface area (Å²) < 4.78 is 5.19. The van der Waals surface area contributed by atoms with E-state index in [1.165, 1.54) is 0 Å². The van der Waals surface area contributed by atoms with Gasteiger partial charge in [-0.05, 0) is 38.0 Å². The number of hydrogen-bond acceptors (Lipinski definition) is 2. The lowest BCUT2D eigenvalue weighted by Crippen LogP contribution is -2.07. The molecule has 0 atom stereocenters. The molecule has 0 bridgehead atoms. The van der Waals surface area contributed by atoms with Gasteiger partial charge in [0.2, 0.25) is 0 Å². The maximum absolute atomic E-state index is 11.5. The van der Waals surface area contributed by atoms with Gasteiger partial charge in [-0.1, -0.05) is 19.4 Å². The summed E-state index contributed by atoms with van der Waals surface area (Å²) in [4.78, 5) is 11.5. The third-order valence-corrected chi connectivity index (χ3v) is 2.24. The molecule has 0 saturated carbocycles. The molecule has 0 amide bonds. The van der Waals surface area contributed by atoms with E-state index in [4.69, 9.17) is 4.42 Å². The van der Waals surface area contributed by atoms with Crippen LogP contribution in [0.15, 0.2) is 27.4 Å². The number of allylic oxidation sites excluding steroid dienone is 2. The number of hydrogen-bond donors (Lipinski definition) is 0. The Kier molecular flexibility index (Phi) is 3.69. The molecule has 0 radical (unpaired) electrons. The van der Waals surface area contributed by atoms with E-state index in [0.717, 1.165) is 24.0 Å². The third-order valence-electron chi connectivity index (χ3n) is 2.24. The minimum absolute atomic E-state index is 0.203. The zero-order chi connectivity index (χ0) is 10.6. The van der Waals surface area contributed by atoms with Gasteiger partial charge in [-0.25, -0.2) is 4.79 Å². The predicted molar refractivity (Wildman–Crippen MR) is 58.3 cm³/mol. The largest absolute Gasteiger partial charge is 0.423 e. The fourth-order valence-corrected chi connectivity index (χ4v) is 1.25. The van der Waals surface area contributed by atoms with Gasteiger partial charge in [0.05, 0.1) is 0 Å². The fraction of sp³-hybridized carbons (Fsp3) is 0.417. The van der Waals surface area contributed by atoms with E-state index >= 15 is 0 Å². The first-order valence-electron chi connectivity index (χ1n) is 4.95. The molecule has 14 heavy (non-hydrogen) atoms. The maximum atomic E-state index is 11.5. The van der Waals surface area contributed by atoms with Gasteiger partial charge in [-0.3, -0.25) is 0 Å². The van der Waals surface area contributed by atoms with Crippen molar-refractivity contribution in [2.24, 2.45) is 0 Å². The van der Waals surface area contributed by atoms with E-state index in [-0.39, 0.29) is 5.63 Å². The van der Waals surface area contributed by atoms with E-state index in [9.17, 15) is 4.79 Å². The lowest BCUT2D eigenvalue weighted by atomic mass is 10.1. The van der Waals surface area contributed by atoms with Crippen LogP contribution < -0.4 is 5.63 Å². The molecule has 0 aromatic carbocycles. The average Bonchev–Trinajstić information content (AvgIpc) is 2.20. The first-order valence-corrected chi connectivity index (χ1v) is 4.95.